The maximum atomic E-state index is 2.68. The van der Waals surface area contributed by atoms with Crippen molar-refractivity contribution >= 4 is 5.57 Å². The Kier molecular flexibility index (Phi) is 6.54. The van der Waals surface area contributed by atoms with Crippen LogP contribution in [0.15, 0.2) is 81.5 Å². The number of rotatable bonds is 1. The third-order valence-corrected chi connectivity index (χ3v) is 11.2. The van der Waals surface area contributed by atoms with Crippen molar-refractivity contribution < 1.29 is 0 Å². The lowest BCUT2D eigenvalue weighted by molar-refractivity contribution is 0.287. The molecule has 0 radical (unpaired) electrons. The normalized spacial score (nSPS) is 25.9. The molecule has 0 heterocycles. The number of benzene rings is 1. The van der Waals surface area contributed by atoms with Gasteiger partial charge in [-0.2, -0.15) is 0 Å². The first-order chi connectivity index (χ1) is 19.0. The molecule has 0 saturated carbocycles. The van der Waals surface area contributed by atoms with E-state index in [1.54, 1.807) is 44.6 Å². The van der Waals surface area contributed by atoms with Crippen molar-refractivity contribution in [2.45, 2.75) is 126 Å². The van der Waals surface area contributed by atoms with E-state index in [4.69, 9.17) is 0 Å². The molecule has 218 valence electrons. The van der Waals surface area contributed by atoms with Crippen LogP contribution in [0.2, 0.25) is 0 Å². The molecule has 41 heavy (non-hydrogen) atoms. The highest BCUT2D eigenvalue weighted by molar-refractivity contribution is 5.94. The van der Waals surface area contributed by atoms with E-state index in [9.17, 15) is 0 Å². The third-order valence-electron chi connectivity index (χ3n) is 11.2. The van der Waals surface area contributed by atoms with Crippen LogP contribution in [0.5, 0.6) is 0 Å². The van der Waals surface area contributed by atoms with E-state index < -0.39 is 0 Å². The molecule has 0 aliphatic heterocycles. The van der Waals surface area contributed by atoms with Gasteiger partial charge in [-0.15, -0.1) is 0 Å². The molecule has 0 aromatic heterocycles. The van der Waals surface area contributed by atoms with Gasteiger partial charge in [0.25, 0.3) is 0 Å². The van der Waals surface area contributed by atoms with E-state index in [2.05, 4.69) is 119 Å². The average molecular weight is 547 g/mol. The summed E-state index contributed by atoms with van der Waals surface area (Å²) in [6, 6.07) is 7.41. The third kappa shape index (κ3) is 4.82. The summed E-state index contributed by atoms with van der Waals surface area (Å²) in [4.78, 5) is 0. The largest absolute Gasteiger partial charge is 0.0758 e. The lowest BCUT2D eigenvalue weighted by Gasteiger charge is -2.39. The van der Waals surface area contributed by atoms with E-state index in [1.807, 2.05) is 0 Å². The fourth-order valence-corrected chi connectivity index (χ4v) is 8.26. The summed E-state index contributed by atoms with van der Waals surface area (Å²) in [6.45, 7) is 26.4. The van der Waals surface area contributed by atoms with Crippen molar-refractivity contribution in [1.82, 2.24) is 0 Å². The number of fused-ring (bicyclic) bond motifs is 5. The van der Waals surface area contributed by atoms with Crippen molar-refractivity contribution in [3.63, 3.8) is 0 Å². The van der Waals surface area contributed by atoms with Gasteiger partial charge in [0.2, 0.25) is 0 Å². The molecule has 0 spiro atoms. The number of hydrogen-bond acceptors (Lipinski definition) is 0. The van der Waals surface area contributed by atoms with Crippen LogP contribution < -0.4 is 0 Å². The summed E-state index contributed by atoms with van der Waals surface area (Å²) >= 11 is 0. The molecule has 5 aliphatic rings. The quantitative estimate of drug-likeness (QED) is 0.328. The first-order valence-electron chi connectivity index (χ1n) is 16.4. The molecule has 0 fully saturated rings. The zero-order chi connectivity index (χ0) is 29.7. The van der Waals surface area contributed by atoms with E-state index in [0.29, 0.717) is 11.8 Å². The molecule has 6 rings (SSSR count). The molecule has 1 aromatic rings. The van der Waals surface area contributed by atoms with Crippen LogP contribution in [0, 0.1) is 22.7 Å². The predicted octanol–water partition coefficient (Wildman–Crippen LogP) is 11.8. The molecule has 0 nitrogen and oxygen atoms in total. The Labute approximate surface area is 251 Å². The van der Waals surface area contributed by atoms with Crippen LogP contribution in [0.1, 0.15) is 131 Å². The zero-order valence-electron chi connectivity index (χ0n) is 27.9. The maximum absolute atomic E-state index is 2.68. The van der Waals surface area contributed by atoms with Crippen molar-refractivity contribution in [1.29, 1.82) is 0 Å². The second-order valence-corrected chi connectivity index (χ2v) is 17.4. The van der Waals surface area contributed by atoms with Crippen molar-refractivity contribution in [3.8, 4) is 0 Å². The van der Waals surface area contributed by atoms with Crippen molar-refractivity contribution in [2.24, 2.45) is 22.7 Å². The Hall–Kier alpha value is -2.34. The predicted molar refractivity (Wildman–Crippen MR) is 178 cm³/mol. The monoisotopic (exact) mass is 546 g/mol. The molecule has 0 heteroatoms. The first kappa shape index (κ1) is 28.8. The highest BCUT2D eigenvalue weighted by Crippen LogP contribution is 2.58. The highest BCUT2D eigenvalue weighted by atomic mass is 14.5. The molecule has 0 bridgehead atoms. The van der Waals surface area contributed by atoms with Gasteiger partial charge in [-0.05, 0) is 122 Å². The summed E-state index contributed by atoms with van der Waals surface area (Å²) in [5.74, 6) is 1.23. The van der Waals surface area contributed by atoms with Gasteiger partial charge >= 0.3 is 0 Å². The van der Waals surface area contributed by atoms with Gasteiger partial charge in [0.05, 0.1) is 0 Å². The summed E-state index contributed by atoms with van der Waals surface area (Å²) < 4.78 is 0. The van der Waals surface area contributed by atoms with Crippen molar-refractivity contribution in [2.75, 3.05) is 0 Å². The van der Waals surface area contributed by atoms with Crippen LogP contribution in [-0.2, 0) is 10.8 Å². The smallest absolute Gasteiger partial charge is 0.0156 e. The Balaban J connectivity index is 1.48. The molecule has 0 N–H and O–H groups in total. The summed E-state index contributed by atoms with van der Waals surface area (Å²) in [5.41, 5.74) is 18.2. The Morgan fingerprint density at radius 2 is 1.51 bits per heavy atom. The zero-order valence-corrected chi connectivity index (χ0v) is 27.9. The Morgan fingerprint density at radius 1 is 0.780 bits per heavy atom. The molecule has 2 atom stereocenters. The standard InChI is InChI=1S/C41H54/c1-38(2,3)28-15-18-32-27(21-28)13-12-25-20-26(14-17-31(25)32)34-22-30(40(7,8)9)24-36-37(34)33-19-16-29(39(4,5)6)23-35(33)41(36,10)11/h14,16-17,19,21,23-25,30H,12-13,15,18,20,22H2,1-11H3. The molecule has 2 unspecified atom stereocenters. The first-order valence-corrected chi connectivity index (χ1v) is 16.4. The highest BCUT2D eigenvalue weighted by Gasteiger charge is 2.45. The second kappa shape index (κ2) is 9.33. The van der Waals surface area contributed by atoms with Crippen LogP contribution in [-0.4, -0.2) is 0 Å². The molecule has 0 amide bonds. The molecular weight excluding hydrogens is 492 g/mol. The van der Waals surface area contributed by atoms with E-state index in [-0.39, 0.29) is 21.7 Å². The molecule has 5 aliphatic carbocycles. The minimum Gasteiger partial charge on any atom is -0.0758 e. The van der Waals surface area contributed by atoms with Crippen LogP contribution in [0.25, 0.3) is 5.57 Å². The Morgan fingerprint density at radius 3 is 2.17 bits per heavy atom. The second-order valence-electron chi connectivity index (χ2n) is 17.4. The Bertz CT molecular complexity index is 1480. The summed E-state index contributed by atoms with van der Waals surface area (Å²) in [7, 11) is 0. The van der Waals surface area contributed by atoms with Crippen LogP contribution >= 0.6 is 0 Å². The maximum Gasteiger partial charge on any atom is 0.0156 e. The van der Waals surface area contributed by atoms with Gasteiger partial charge in [0.15, 0.2) is 0 Å². The van der Waals surface area contributed by atoms with Gasteiger partial charge in [-0.1, -0.05) is 124 Å². The van der Waals surface area contributed by atoms with Crippen LogP contribution in [0.3, 0.4) is 0 Å². The lowest BCUT2D eigenvalue weighted by atomic mass is 9.65. The molecule has 0 saturated heterocycles. The fraction of sp³-hybridized carbons (Fsp3) is 0.561. The van der Waals surface area contributed by atoms with Gasteiger partial charge in [0.1, 0.15) is 0 Å². The molecule has 1 aromatic carbocycles. The van der Waals surface area contributed by atoms with E-state index >= 15 is 0 Å². The van der Waals surface area contributed by atoms with Crippen LogP contribution in [0.4, 0.5) is 0 Å². The minimum absolute atomic E-state index is 0.0288. The number of hydrogen-bond donors (Lipinski definition) is 0. The summed E-state index contributed by atoms with van der Waals surface area (Å²) in [5, 5.41) is 0. The van der Waals surface area contributed by atoms with Gasteiger partial charge < -0.3 is 0 Å². The SMILES string of the molecule is CC(C)(C)C1=CC2=C(CC1)C1=CC=C(C3=C4C(=CC(C(C)(C)C)C3)C(C)(C)c3cc(C(C)(C)C)ccc34)CC1CC2. The lowest BCUT2D eigenvalue weighted by Crippen LogP contribution is -2.27. The summed E-state index contributed by atoms with van der Waals surface area (Å²) in [6.07, 6.45) is 17.7. The van der Waals surface area contributed by atoms with Gasteiger partial charge in [0, 0.05) is 5.41 Å². The number of allylic oxidation sites excluding steroid dienone is 12. The van der Waals surface area contributed by atoms with Crippen molar-refractivity contribution in [3.05, 3.63) is 98.2 Å². The average Bonchev–Trinajstić information content (AvgIpc) is 3.12. The van der Waals surface area contributed by atoms with E-state index in [0.717, 1.165) is 6.42 Å². The minimum atomic E-state index is 0.0288. The van der Waals surface area contributed by atoms with E-state index in [1.165, 1.54) is 48.8 Å². The molecular formula is C41H54. The topological polar surface area (TPSA) is 0 Å². The fourth-order valence-electron chi connectivity index (χ4n) is 8.26. The van der Waals surface area contributed by atoms with Gasteiger partial charge in [-0.25, -0.2) is 0 Å². The van der Waals surface area contributed by atoms with Gasteiger partial charge in [-0.3, -0.25) is 0 Å².